The molecule has 1 radical (unpaired) electrons. The third kappa shape index (κ3) is 5.72. The molecule has 2 heteroatoms. The number of fused-ring (bicyclic) bond motifs is 1. The molecular formula is C15H18NV-. The molecule has 0 fully saturated rings. The minimum atomic E-state index is 0. The van der Waals surface area contributed by atoms with E-state index >= 15 is 0 Å². The van der Waals surface area contributed by atoms with E-state index in [9.17, 15) is 0 Å². The van der Waals surface area contributed by atoms with Gasteiger partial charge in [0.05, 0.1) is 11.4 Å². The molecular weight excluding hydrogens is 245 g/mol. The van der Waals surface area contributed by atoms with Crippen molar-refractivity contribution in [3.05, 3.63) is 59.6 Å². The number of allylic oxidation sites excluding steroid dienone is 3. The number of hydrogen-bond acceptors (Lipinski definition) is 1. The minimum absolute atomic E-state index is 0. The number of para-hydroxylation sites is 1. The van der Waals surface area contributed by atoms with Gasteiger partial charge in [-0.2, -0.15) is 6.08 Å². The second-order valence-electron chi connectivity index (χ2n) is 3.69. The van der Waals surface area contributed by atoms with Crippen LogP contribution in [0.4, 0.5) is 0 Å². The number of rotatable bonds is 1. The van der Waals surface area contributed by atoms with Gasteiger partial charge in [0.15, 0.2) is 0 Å². The zero-order valence-corrected chi connectivity index (χ0v) is 11.8. The Bertz CT molecular complexity index is 474. The Labute approximate surface area is 116 Å². The molecule has 0 saturated carbocycles. The SMILES string of the molecule is CC1CC=c2ccccc2=N1.[CH-]=C/C=C\C.[V]. The van der Waals surface area contributed by atoms with Gasteiger partial charge in [-0.1, -0.05) is 31.2 Å². The summed E-state index contributed by atoms with van der Waals surface area (Å²) in [6.07, 6.45) is 8.49. The number of benzene rings is 1. The van der Waals surface area contributed by atoms with Gasteiger partial charge in [-0.05, 0) is 24.6 Å². The molecule has 0 bridgehead atoms. The summed E-state index contributed by atoms with van der Waals surface area (Å²) in [6.45, 7) is 8.99. The maximum Gasteiger partial charge on any atom is 0.0646 e. The van der Waals surface area contributed by atoms with Crippen molar-refractivity contribution >= 4 is 6.08 Å². The second kappa shape index (κ2) is 9.03. The van der Waals surface area contributed by atoms with E-state index in [1.54, 1.807) is 6.08 Å². The van der Waals surface area contributed by atoms with E-state index in [0.717, 1.165) is 11.8 Å². The third-order valence-electron chi connectivity index (χ3n) is 2.28. The Morgan fingerprint density at radius 3 is 2.65 bits per heavy atom. The third-order valence-corrected chi connectivity index (χ3v) is 2.28. The van der Waals surface area contributed by atoms with Crippen molar-refractivity contribution < 1.29 is 18.6 Å². The van der Waals surface area contributed by atoms with Gasteiger partial charge < -0.3 is 0 Å². The first-order chi connectivity index (χ1) is 7.77. The first-order valence-corrected chi connectivity index (χ1v) is 5.57. The maximum atomic E-state index is 4.93. The normalized spacial score (nSPS) is 16.5. The van der Waals surface area contributed by atoms with Crippen LogP contribution in [0.25, 0.3) is 6.08 Å². The molecule has 0 spiro atoms. The van der Waals surface area contributed by atoms with Crippen LogP contribution in [0, 0.1) is 6.58 Å². The van der Waals surface area contributed by atoms with Crippen molar-refractivity contribution in [2.75, 3.05) is 0 Å². The van der Waals surface area contributed by atoms with Crippen molar-refractivity contribution in [3.63, 3.8) is 0 Å². The van der Waals surface area contributed by atoms with Crippen LogP contribution >= 0.6 is 0 Å². The minimum Gasteiger partial charge on any atom is -0.293 e. The zero-order valence-electron chi connectivity index (χ0n) is 10.4. The van der Waals surface area contributed by atoms with Gasteiger partial charge in [-0.3, -0.25) is 11.6 Å². The van der Waals surface area contributed by atoms with Crippen LogP contribution in [0.2, 0.25) is 0 Å². The standard InChI is InChI=1S/C10H11N.C5H7.V/c1-8-6-7-9-4-2-3-5-10(9)11-8;1-3-5-4-2;/h2-5,7-8H,6H2,1H3;1,3-5H,2H3;/q;-1;/b;5-4-;. The zero-order chi connectivity index (χ0) is 11.8. The van der Waals surface area contributed by atoms with E-state index in [-0.39, 0.29) is 18.6 Å². The Kier molecular flexibility index (Phi) is 8.48. The first-order valence-electron chi connectivity index (χ1n) is 5.57. The summed E-state index contributed by atoms with van der Waals surface area (Å²) in [6, 6.07) is 8.74. The fraction of sp³-hybridized carbons (Fsp3) is 0.267. The molecule has 0 amide bonds. The topological polar surface area (TPSA) is 12.4 Å². The predicted octanol–water partition coefficient (Wildman–Crippen LogP) is 2.43. The average Bonchev–Trinajstić information content (AvgIpc) is 2.31. The van der Waals surface area contributed by atoms with Gasteiger partial charge >= 0.3 is 0 Å². The van der Waals surface area contributed by atoms with Gasteiger partial charge in [0.1, 0.15) is 0 Å². The van der Waals surface area contributed by atoms with Gasteiger partial charge in [0, 0.05) is 18.6 Å². The van der Waals surface area contributed by atoms with Crippen LogP contribution in [0.1, 0.15) is 20.3 Å². The summed E-state index contributed by atoms with van der Waals surface area (Å²) in [5.41, 5.74) is 0. The van der Waals surface area contributed by atoms with Crippen LogP contribution < -0.4 is 10.6 Å². The number of hydrogen-bond donors (Lipinski definition) is 0. The summed E-state index contributed by atoms with van der Waals surface area (Å²) < 4.78 is 0. The Morgan fingerprint density at radius 2 is 2.06 bits per heavy atom. The molecule has 1 aromatic rings. The van der Waals surface area contributed by atoms with Gasteiger partial charge in [0.2, 0.25) is 0 Å². The second-order valence-corrected chi connectivity index (χ2v) is 3.69. The molecule has 0 N–H and O–H groups in total. The van der Waals surface area contributed by atoms with Crippen molar-refractivity contribution in [1.82, 2.24) is 0 Å². The van der Waals surface area contributed by atoms with Crippen molar-refractivity contribution in [3.8, 4) is 0 Å². The van der Waals surface area contributed by atoms with E-state index in [0.29, 0.717) is 6.04 Å². The molecule has 1 nitrogen and oxygen atoms in total. The summed E-state index contributed by atoms with van der Waals surface area (Å²) in [5, 5.41) is 2.43. The van der Waals surface area contributed by atoms with E-state index in [4.69, 9.17) is 6.58 Å². The van der Waals surface area contributed by atoms with Crippen molar-refractivity contribution in [2.24, 2.45) is 4.99 Å². The van der Waals surface area contributed by atoms with Crippen LogP contribution in [0.3, 0.4) is 0 Å². The number of nitrogens with zero attached hydrogens (tertiary/aromatic N) is 1. The molecule has 0 aromatic heterocycles. The van der Waals surface area contributed by atoms with Gasteiger partial charge in [-0.25, -0.2) is 12.2 Å². The van der Waals surface area contributed by atoms with E-state index < -0.39 is 0 Å². The molecule has 1 atom stereocenters. The van der Waals surface area contributed by atoms with Gasteiger partial charge in [-0.15, -0.1) is 0 Å². The molecule has 0 aliphatic carbocycles. The quantitative estimate of drug-likeness (QED) is 0.545. The monoisotopic (exact) mass is 263 g/mol. The molecule has 1 aromatic carbocycles. The van der Waals surface area contributed by atoms with Crippen LogP contribution in [-0.4, -0.2) is 6.04 Å². The van der Waals surface area contributed by atoms with Crippen molar-refractivity contribution in [1.29, 1.82) is 0 Å². The summed E-state index contributed by atoms with van der Waals surface area (Å²) in [4.78, 5) is 4.51. The molecule has 1 unspecified atom stereocenters. The fourth-order valence-electron chi connectivity index (χ4n) is 1.48. The summed E-state index contributed by atoms with van der Waals surface area (Å²) in [7, 11) is 0. The Hall–Kier alpha value is -1.05. The first kappa shape index (κ1) is 16.0. The molecule has 1 aliphatic rings. The van der Waals surface area contributed by atoms with Gasteiger partial charge in [0.25, 0.3) is 0 Å². The molecule has 1 aliphatic heterocycles. The molecule has 17 heavy (non-hydrogen) atoms. The van der Waals surface area contributed by atoms with Crippen molar-refractivity contribution in [2.45, 2.75) is 26.3 Å². The largest absolute Gasteiger partial charge is 0.293 e. The molecule has 89 valence electrons. The average molecular weight is 263 g/mol. The Balaban J connectivity index is 0.000000373. The van der Waals surface area contributed by atoms with Crippen LogP contribution in [0.5, 0.6) is 0 Å². The van der Waals surface area contributed by atoms with E-state index in [1.165, 1.54) is 11.3 Å². The van der Waals surface area contributed by atoms with E-state index in [1.807, 2.05) is 19.1 Å². The molecule has 0 saturated heterocycles. The van der Waals surface area contributed by atoms with E-state index in [2.05, 4.69) is 36.2 Å². The Morgan fingerprint density at radius 1 is 1.35 bits per heavy atom. The molecule has 2 rings (SSSR count). The summed E-state index contributed by atoms with van der Waals surface area (Å²) in [5.74, 6) is 0. The fourth-order valence-corrected chi connectivity index (χ4v) is 1.48. The maximum absolute atomic E-state index is 4.93. The van der Waals surface area contributed by atoms with Crippen LogP contribution in [-0.2, 0) is 18.6 Å². The summed E-state index contributed by atoms with van der Waals surface area (Å²) >= 11 is 0. The van der Waals surface area contributed by atoms with Crippen LogP contribution in [0.15, 0.2) is 47.5 Å². The predicted molar refractivity (Wildman–Crippen MR) is 69.5 cm³/mol. The molecule has 1 heterocycles. The smallest absolute Gasteiger partial charge is 0.0646 e.